The molecule has 1 heterocycles. The van der Waals surface area contributed by atoms with Crippen molar-refractivity contribution in [1.29, 1.82) is 5.41 Å². The fourth-order valence-electron chi connectivity index (χ4n) is 5.11. The van der Waals surface area contributed by atoms with Gasteiger partial charge in [0.05, 0.1) is 5.71 Å². The quantitative estimate of drug-likeness (QED) is 0.101. The van der Waals surface area contributed by atoms with Gasteiger partial charge in [-0.15, -0.1) is 0 Å². The molecule has 1 N–H and O–H groups in total. The first-order valence-corrected chi connectivity index (χ1v) is 15.2. The Bertz CT molecular complexity index is 2100. The Morgan fingerprint density at radius 1 is 0.587 bits per heavy atom. The average molecular weight is 592 g/mol. The molecule has 0 aliphatic rings. The summed E-state index contributed by atoms with van der Waals surface area (Å²) in [6.45, 7) is 4.12. The third kappa shape index (κ3) is 7.65. The van der Waals surface area contributed by atoms with Crippen LogP contribution in [-0.4, -0.2) is 16.5 Å². The predicted molar refractivity (Wildman–Crippen MR) is 196 cm³/mol. The largest absolute Gasteiger partial charge is 0.282 e. The van der Waals surface area contributed by atoms with E-state index in [1.807, 2.05) is 85.1 Å². The van der Waals surface area contributed by atoms with Crippen LogP contribution in [0.3, 0.4) is 0 Å². The fraction of sp³-hybridized carbons (Fsp3) is 0. The second-order valence-corrected chi connectivity index (χ2v) is 10.8. The molecule has 6 rings (SSSR count). The van der Waals surface area contributed by atoms with Crippen LogP contribution < -0.4 is 0 Å². The van der Waals surface area contributed by atoms with Crippen LogP contribution in [-0.2, 0) is 0 Å². The number of nitrogens with zero attached hydrogens (tertiary/aromatic N) is 2. The van der Waals surface area contributed by atoms with Crippen molar-refractivity contribution in [2.45, 2.75) is 0 Å². The number of hydrogen-bond acceptors (Lipinski definition) is 2. The highest BCUT2D eigenvalue weighted by Crippen LogP contribution is 2.22. The molecular formula is C43H33N3. The summed E-state index contributed by atoms with van der Waals surface area (Å²) in [6, 6.07) is 45.6. The summed E-state index contributed by atoms with van der Waals surface area (Å²) in [6.07, 6.45) is 15.4. The Morgan fingerprint density at radius 3 is 2.11 bits per heavy atom. The number of nitrogens with one attached hydrogen (secondary N) is 1. The van der Waals surface area contributed by atoms with Gasteiger partial charge in [-0.3, -0.25) is 10.4 Å². The number of aromatic nitrogens is 1. The number of fused-ring (bicyclic) bond motifs is 1. The Kier molecular flexibility index (Phi) is 9.43. The number of pyridine rings is 1. The van der Waals surface area contributed by atoms with Gasteiger partial charge in [0.15, 0.2) is 5.84 Å². The second kappa shape index (κ2) is 14.5. The summed E-state index contributed by atoms with van der Waals surface area (Å²) < 4.78 is 0. The maximum Gasteiger partial charge on any atom is 0.151 e. The summed E-state index contributed by atoms with van der Waals surface area (Å²) in [5.41, 5.74) is 8.67. The van der Waals surface area contributed by atoms with E-state index in [1.54, 1.807) is 6.20 Å². The minimum absolute atomic E-state index is 0.103. The first-order chi connectivity index (χ1) is 22.6. The lowest BCUT2D eigenvalue weighted by Gasteiger charge is -2.07. The van der Waals surface area contributed by atoms with Crippen LogP contribution >= 0.6 is 0 Å². The van der Waals surface area contributed by atoms with E-state index in [1.165, 1.54) is 10.8 Å². The van der Waals surface area contributed by atoms with Crippen molar-refractivity contribution in [3.05, 3.63) is 199 Å². The van der Waals surface area contributed by atoms with Gasteiger partial charge in [0.2, 0.25) is 0 Å². The van der Waals surface area contributed by atoms with Crippen molar-refractivity contribution in [1.82, 2.24) is 4.98 Å². The minimum Gasteiger partial charge on any atom is -0.282 e. The molecule has 0 atom stereocenters. The molecule has 0 unspecified atom stereocenters. The Morgan fingerprint density at radius 2 is 1.30 bits per heavy atom. The highest BCUT2D eigenvalue weighted by atomic mass is 14.8. The van der Waals surface area contributed by atoms with Crippen LogP contribution in [0.2, 0.25) is 0 Å². The van der Waals surface area contributed by atoms with Gasteiger partial charge in [0.25, 0.3) is 0 Å². The van der Waals surface area contributed by atoms with E-state index in [0.29, 0.717) is 11.3 Å². The molecule has 1 aromatic heterocycles. The van der Waals surface area contributed by atoms with E-state index in [9.17, 15) is 0 Å². The van der Waals surface area contributed by atoms with Crippen LogP contribution in [0.25, 0.3) is 45.2 Å². The molecule has 3 heteroatoms. The topological polar surface area (TPSA) is 49.1 Å². The lowest BCUT2D eigenvalue weighted by Crippen LogP contribution is -2.03. The van der Waals surface area contributed by atoms with Gasteiger partial charge >= 0.3 is 0 Å². The molecule has 0 saturated heterocycles. The van der Waals surface area contributed by atoms with Gasteiger partial charge in [0, 0.05) is 29.1 Å². The molecule has 220 valence electrons. The van der Waals surface area contributed by atoms with Crippen molar-refractivity contribution in [2.24, 2.45) is 4.99 Å². The third-order valence-electron chi connectivity index (χ3n) is 7.61. The van der Waals surface area contributed by atoms with E-state index in [-0.39, 0.29) is 5.84 Å². The smallest absolute Gasteiger partial charge is 0.151 e. The number of hydrogen-bond donors (Lipinski definition) is 1. The third-order valence-corrected chi connectivity index (χ3v) is 7.61. The zero-order valence-electron chi connectivity index (χ0n) is 25.4. The highest BCUT2D eigenvalue weighted by molar-refractivity contribution is 6.18. The predicted octanol–water partition coefficient (Wildman–Crippen LogP) is 10.9. The molecule has 6 aromatic rings. The maximum absolute atomic E-state index is 8.77. The SMILES string of the molecule is C=C(/C=C\C=C\c1ccc2ccccc2c1)C(=N)N=C(/C=C/c1cccc(-c2cccnc2)c1)c1ccc(-c2ccccc2)cc1. The van der Waals surface area contributed by atoms with E-state index in [0.717, 1.165) is 38.9 Å². The zero-order valence-corrected chi connectivity index (χ0v) is 25.4. The van der Waals surface area contributed by atoms with Gasteiger partial charge < -0.3 is 0 Å². The summed E-state index contributed by atoms with van der Waals surface area (Å²) >= 11 is 0. The second-order valence-electron chi connectivity index (χ2n) is 10.8. The highest BCUT2D eigenvalue weighted by Gasteiger charge is 2.06. The molecule has 0 aliphatic heterocycles. The number of benzene rings is 5. The van der Waals surface area contributed by atoms with Gasteiger partial charge in [-0.1, -0.05) is 152 Å². The van der Waals surface area contributed by atoms with E-state index >= 15 is 0 Å². The molecule has 5 aromatic carbocycles. The summed E-state index contributed by atoms with van der Waals surface area (Å²) in [7, 11) is 0. The van der Waals surface area contributed by atoms with Gasteiger partial charge in [-0.05, 0) is 62.9 Å². The van der Waals surface area contributed by atoms with Crippen LogP contribution in [0.4, 0.5) is 0 Å². The van der Waals surface area contributed by atoms with Crippen molar-refractivity contribution < 1.29 is 0 Å². The fourth-order valence-corrected chi connectivity index (χ4v) is 5.11. The number of allylic oxidation sites excluding steroid dienone is 3. The summed E-state index contributed by atoms with van der Waals surface area (Å²) in [5, 5.41) is 11.2. The Hall–Kier alpha value is -6.19. The Labute approximate surface area is 270 Å². The molecule has 0 saturated carbocycles. The minimum atomic E-state index is 0.103. The lowest BCUT2D eigenvalue weighted by molar-refractivity contribution is 1.33. The molecule has 3 nitrogen and oxygen atoms in total. The normalized spacial score (nSPS) is 12.0. The molecule has 0 bridgehead atoms. The van der Waals surface area contributed by atoms with Gasteiger partial charge in [0.1, 0.15) is 0 Å². The van der Waals surface area contributed by atoms with Crippen LogP contribution in [0.5, 0.6) is 0 Å². The summed E-state index contributed by atoms with van der Waals surface area (Å²) in [5.74, 6) is 0.103. The first-order valence-electron chi connectivity index (χ1n) is 15.2. The van der Waals surface area contributed by atoms with Crippen LogP contribution in [0.15, 0.2) is 187 Å². The Balaban J connectivity index is 1.24. The standard InChI is InChI=1S/C43H33N3/c1-32(11-5-6-12-33-20-22-36-16-7-8-17-39(36)29-33)43(44)46-42(38-25-23-37(24-26-38)35-14-3-2-4-15-35)27-21-34-13-9-18-40(30-34)41-19-10-28-45-31-41/h2-31,44H,1H2/b11-5-,12-6+,27-21+,44-43?,46-42?. The number of aliphatic imine (C=N–C) groups is 1. The monoisotopic (exact) mass is 591 g/mol. The van der Waals surface area contributed by atoms with Crippen LogP contribution in [0, 0.1) is 5.41 Å². The zero-order chi connectivity index (χ0) is 31.6. The molecule has 0 spiro atoms. The molecular weight excluding hydrogens is 558 g/mol. The molecule has 46 heavy (non-hydrogen) atoms. The van der Waals surface area contributed by atoms with Crippen molar-refractivity contribution >= 4 is 34.5 Å². The van der Waals surface area contributed by atoms with Crippen molar-refractivity contribution in [3.63, 3.8) is 0 Å². The molecule has 0 amide bonds. The number of rotatable bonds is 9. The molecule has 0 radical (unpaired) electrons. The lowest BCUT2D eigenvalue weighted by atomic mass is 10.0. The van der Waals surface area contributed by atoms with Crippen LogP contribution in [0.1, 0.15) is 16.7 Å². The first kappa shape index (κ1) is 29.9. The van der Waals surface area contributed by atoms with E-state index in [2.05, 4.69) is 103 Å². The molecule has 0 fully saturated rings. The summed E-state index contributed by atoms with van der Waals surface area (Å²) in [4.78, 5) is 9.00. The average Bonchev–Trinajstić information content (AvgIpc) is 3.12. The van der Waals surface area contributed by atoms with Crippen molar-refractivity contribution in [2.75, 3.05) is 0 Å². The number of amidine groups is 1. The van der Waals surface area contributed by atoms with E-state index in [4.69, 9.17) is 10.4 Å². The molecule has 0 aliphatic carbocycles. The van der Waals surface area contributed by atoms with Crippen molar-refractivity contribution in [3.8, 4) is 22.3 Å². The maximum atomic E-state index is 8.77. The van der Waals surface area contributed by atoms with Gasteiger partial charge in [-0.2, -0.15) is 0 Å². The van der Waals surface area contributed by atoms with Gasteiger partial charge in [-0.25, -0.2) is 4.99 Å². The van der Waals surface area contributed by atoms with E-state index < -0.39 is 0 Å².